The molecular formula is C14H26N2. The van der Waals surface area contributed by atoms with Crippen LogP contribution in [-0.2, 0) is 0 Å². The van der Waals surface area contributed by atoms with Gasteiger partial charge in [-0.15, -0.1) is 0 Å². The van der Waals surface area contributed by atoms with Crippen LogP contribution >= 0.6 is 0 Å². The Labute approximate surface area is 99.8 Å². The molecule has 92 valence electrons. The van der Waals surface area contributed by atoms with Crippen molar-refractivity contribution < 1.29 is 0 Å². The molecule has 1 N–H and O–H groups in total. The van der Waals surface area contributed by atoms with Crippen LogP contribution in [-0.4, -0.2) is 37.1 Å². The number of piperidine rings is 1. The zero-order valence-electron chi connectivity index (χ0n) is 10.8. The lowest BCUT2D eigenvalue weighted by molar-refractivity contribution is 0.222. The Bertz CT molecular complexity index is 257. The fourth-order valence-corrected chi connectivity index (χ4v) is 4.15. The highest BCUT2D eigenvalue weighted by Crippen LogP contribution is 2.59. The van der Waals surface area contributed by atoms with Gasteiger partial charge in [-0.3, -0.25) is 0 Å². The lowest BCUT2D eigenvalue weighted by atomic mass is 9.92. The predicted octanol–water partition coefficient (Wildman–Crippen LogP) is 2.11. The minimum Gasteiger partial charge on any atom is -0.317 e. The highest BCUT2D eigenvalue weighted by atomic mass is 15.2. The minimum atomic E-state index is 0.775. The highest BCUT2D eigenvalue weighted by molar-refractivity contribution is 5.06. The van der Waals surface area contributed by atoms with Crippen LogP contribution in [0.3, 0.4) is 0 Å². The fourth-order valence-electron chi connectivity index (χ4n) is 4.15. The largest absolute Gasteiger partial charge is 0.317 e. The molecule has 3 unspecified atom stereocenters. The lowest BCUT2D eigenvalue weighted by Gasteiger charge is -2.27. The van der Waals surface area contributed by atoms with Gasteiger partial charge in [0.05, 0.1) is 0 Å². The summed E-state index contributed by atoms with van der Waals surface area (Å²) in [5.41, 5.74) is 0.775. The third kappa shape index (κ3) is 1.91. The van der Waals surface area contributed by atoms with Crippen molar-refractivity contribution in [2.24, 2.45) is 17.3 Å². The van der Waals surface area contributed by atoms with E-state index in [0.29, 0.717) is 0 Å². The van der Waals surface area contributed by atoms with Crippen LogP contribution in [0.4, 0.5) is 0 Å². The summed E-state index contributed by atoms with van der Waals surface area (Å²) in [6.07, 6.45) is 5.82. The Kier molecular flexibility index (Phi) is 2.75. The normalized spacial score (nSPS) is 42.8. The van der Waals surface area contributed by atoms with Crippen LogP contribution in [0.2, 0.25) is 0 Å². The fraction of sp³-hybridized carbons (Fsp3) is 1.00. The molecular weight excluding hydrogens is 196 g/mol. The van der Waals surface area contributed by atoms with E-state index in [4.69, 9.17) is 0 Å². The smallest absolute Gasteiger partial charge is 0.00701 e. The Morgan fingerprint density at radius 3 is 2.62 bits per heavy atom. The summed E-state index contributed by atoms with van der Waals surface area (Å²) >= 11 is 0. The first-order valence-corrected chi connectivity index (χ1v) is 7.14. The summed E-state index contributed by atoms with van der Waals surface area (Å²) in [6, 6.07) is 0.842. The topological polar surface area (TPSA) is 15.3 Å². The molecule has 3 fully saturated rings. The van der Waals surface area contributed by atoms with E-state index in [0.717, 1.165) is 23.3 Å². The molecule has 1 saturated carbocycles. The van der Waals surface area contributed by atoms with Crippen molar-refractivity contribution >= 4 is 0 Å². The molecule has 3 aliphatic rings. The quantitative estimate of drug-likeness (QED) is 0.770. The van der Waals surface area contributed by atoms with Gasteiger partial charge in [0.15, 0.2) is 0 Å². The summed E-state index contributed by atoms with van der Waals surface area (Å²) in [5.74, 6) is 1.96. The van der Waals surface area contributed by atoms with Gasteiger partial charge in [-0.05, 0) is 62.9 Å². The van der Waals surface area contributed by atoms with Gasteiger partial charge in [0, 0.05) is 19.1 Å². The Morgan fingerprint density at radius 1 is 1.25 bits per heavy atom. The maximum atomic E-state index is 3.50. The summed E-state index contributed by atoms with van der Waals surface area (Å²) < 4.78 is 0. The molecule has 2 heteroatoms. The van der Waals surface area contributed by atoms with Crippen LogP contribution in [0.5, 0.6) is 0 Å². The molecule has 0 amide bonds. The SMILES string of the molecule is CC1CC(C)N(CC2CC23CCNCC3)C1. The van der Waals surface area contributed by atoms with Crippen molar-refractivity contribution in [3.8, 4) is 0 Å². The number of nitrogens with one attached hydrogen (secondary N) is 1. The average Bonchev–Trinajstić information content (AvgIpc) is 2.78. The molecule has 0 aromatic rings. The van der Waals surface area contributed by atoms with Crippen molar-refractivity contribution in [1.82, 2.24) is 10.2 Å². The Hall–Kier alpha value is -0.0800. The first-order valence-electron chi connectivity index (χ1n) is 7.14. The lowest BCUT2D eigenvalue weighted by Crippen LogP contribution is -2.34. The van der Waals surface area contributed by atoms with Gasteiger partial charge in [0.25, 0.3) is 0 Å². The van der Waals surface area contributed by atoms with Crippen molar-refractivity contribution in [2.45, 2.75) is 45.6 Å². The number of rotatable bonds is 2. The van der Waals surface area contributed by atoms with E-state index >= 15 is 0 Å². The van der Waals surface area contributed by atoms with Gasteiger partial charge in [-0.1, -0.05) is 6.92 Å². The van der Waals surface area contributed by atoms with E-state index < -0.39 is 0 Å². The van der Waals surface area contributed by atoms with Crippen LogP contribution in [0.1, 0.15) is 39.5 Å². The van der Waals surface area contributed by atoms with E-state index in [1.807, 2.05) is 0 Å². The number of hydrogen-bond acceptors (Lipinski definition) is 2. The summed E-state index contributed by atoms with van der Waals surface area (Å²) in [5, 5.41) is 3.50. The molecule has 0 aromatic carbocycles. The summed E-state index contributed by atoms with van der Waals surface area (Å²) in [6.45, 7) is 10.1. The zero-order chi connectivity index (χ0) is 11.2. The Morgan fingerprint density at radius 2 is 2.00 bits per heavy atom. The van der Waals surface area contributed by atoms with Gasteiger partial charge in [0.2, 0.25) is 0 Å². The van der Waals surface area contributed by atoms with Crippen LogP contribution in [0.25, 0.3) is 0 Å². The molecule has 1 aliphatic carbocycles. The first-order chi connectivity index (χ1) is 7.70. The third-order valence-corrected chi connectivity index (χ3v) is 5.33. The number of likely N-dealkylation sites (tertiary alicyclic amines) is 1. The minimum absolute atomic E-state index is 0.775. The molecule has 0 bridgehead atoms. The van der Waals surface area contributed by atoms with Gasteiger partial charge < -0.3 is 10.2 Å². The molecule has 0 radical (unpaired) electrons. The number of nitrogens with zero attached hydrogens (tertiary/aromatic N) is 1. The first kappa shape index (κ1) is 11.0. The van der Waals surface area contributed by atoms with Crippen LogP contribution in [0, 0.1) is 17.3 Å². The number of hydrogen-bond donors (Lipinski definition) is 1. The highest BCUT2D eigenvalue weighted by Gasteiger charge is 2.54. The van der Waals surface area contributed by atoms with E-state index in [1.54, 1.807) is 0 Å². The Balaban J connectivity index is 1.53. The summed E-state index contributed by atoms with van der Waals surface area (Å²) in [4.78, 5) is 2.76. The van der Waals surface area contributed by atoms with E-state index in [2.05, 4.69) is 24.1 Å². The molecule has 3 rings (SSSR count). The van der Waals surface area contributed by atoms with Gasteiger partial charge in [-0.25, -0.2) is 0 Å². The second kappa shape index (κ2) is 3.99. The average molecular weight is 222 g/mol. The second-order valence-electron chi connectivity index (χ2n) is 6.66. The monoisotopic (exact) mass is 222 g/mol. The van der Waals surface area contributed by atoms with Crippen molar-refractivity contribution in [1.29, 1.82) is 0 Å². The van der Waals surface area contributed by atoms with Crippen molar-refractivity contribution in [2.75, 3.05) is 26.2 Å². The van der Waals surface area contributed by atoms with Crippen molar-refractivity contribution in [3.05, 3.63) is 0 Å². The molecule has 1 spiro atoms. The molecule has 16 heavy (non-hydrogen) atoms. The summed E-state index contributed by atoms with van der Waals surface area (Å²) in [7, 11) is 0. The standard InChI is InChI=1S/C14H26N2/c1-11-7-12(2)16(9-11)10-13-8-14(13)3-5-15-6-4-14/h11-13,15H,3-10H2,1-2H3. The molecule has 0 aromatic heterocycles. The molecule has 2 heterocycles. The molecule has 2 saturated heterocycles. The third-order valence-electron chi connectivity index (χ3n) is 5.33. The van der Waals surface area contributed by atoms with Gasteiger partial charge in [-0.2, -0.15) is 0 Å². The second-order valence-corrected chi connectivity index (χ2v) is 6.66. The predicted molar refractivity (Wildman–Crippen MR) is 67.5 cm³/mol. The zero-order valence-corrected chi connectivity index (χ0v) is 10.8. The maximum Gasteiger partial charge on any atom is 0.00701 e. The van der Waals surface area contributed by atoms with Crippen LogP contribution in [0.15, 0.2) is 0 Å². The van der Waals surface area contributed by atoms with Crippen molar-refractivity contribution in [3.63, 3.8) is 0 Å². The van der Waals surface area contributed by atoms with Gasteiger partial charge in [0.1, 0.15) is 0 Å². The van der Waals surface area contributed by atoms with Gasteiger partial charge >= 0.3 is 0 Å². The van der Waals surface area contributed by atoms with E-state index in [1.165, 1.54) is 51.9 Å². The maximum absolute atomic E-state index is 3.50. The molecule has 2 aliphatic heterocycles. The molecule has 2 nitrogen and oxygen atoms in total. The van der Waals surface area contributed by atoms with E-state index in [9.17, 15) is 0 Å². The molecule has 3 atom stereocenters. The van der Waals surface area contributed by atoms with E-state index in [-0.39, 0.29) is 0 Å². The van der Waals surface area contributed by atoms with Crippen LogP contribution < -0.4 is 5.32 Å².